The Morgan fingerprint density at radius 1 is 1.17 bits per heavy atom. The van der Waals surface area contributed by atoms with Crippen LogP contribution in [0.4, 0.5) is 11.6 Å². The number of amides is 2. The number of benzene rings is 2. The van der Waals surface area contributed by atoms with Crippen LogP contribution in [0.25, 0.3) is 11.0 Å². The number of ether oxygens (including phenoxy) is 1. The highest BCUT2D eigenvalue weighted by atomic mass is 16.5. The molecule has 3 aromatic rings. The molecule has 1 N–H and O–H groups in total. The predicted molar refractivity (Wildman–Crippen MR) is 112 cm³/mol. The summed E-state index contributed by atoms with van der Waals surface area (Å²) in [4.78, 5) is 32.1. The molecule has 1 aliphatic rings. The number of para-hydroxylation sites is 2. The standard InChI is InChI=1S/C22H24N4O3/c1-14-8-9-16(12-15(14)2)23-20(27)13-19-21(28)25(10-11-29-3)22-24-17-6-4-5-7-18(17)26(19)22/h4-9,12,19H,10-11,13H2,1-3H3,(H,23,27)/t19-/m0/s1. The molecular weight excluding hydrogens is 368 g/mol. The van der Waals surface area contributed by atoms with Crippen LogP contribution in [0.2, 0.25) is 0 Å². The lowest BCUT2D eigenvalue weighted by atomic mass is 10.1. The highest BCUT2D eigenvalue weighted by Crippen LogP contribution is 2.36. The van der Waals surface area contributed by atoms with Crippen LogP contribution in [0.5, 0.6) is 0 Å². The SMILES string of the molecule is COCCN1C(=O)[C@H](CC(=O)Nc2ccc(C)c(C)c2)n2c1nc1ccccc12. The van der Waals surface area contributed by atoms with Crippen LogP contribution in [0, 0.1) is 13.8 Å². The van der Waals surface area contributed by atoms with Gasteiger partial charge in [0.25, 0.3) is 5.91 Å². The number of aromatic nitrogens is 2. The number of aryl methyl sites for hydroxylation is 2. The van der Waals surface area contributed by atoms with Gasteiger partial charge in [-0.2, -0.15) is 0 Å². The van der Waals surface area contributed by atoms with Gasteiger partial charge in [-0.1, -0.05) is 18.2 Å². The molecule has 0 aliphatic carbocycles. The number of anilines is 2. The van der Waals surface area contributed by atoms with Gasteiger partial charge in [-0.05, 0) is 49.2 Å². The first-order valence-electron chi connectivity index (χ1n) is 9.64. The Morgan fingerprint density at radius 3 is 2.72 bits per heavy atom. The van der Waals surface area contributed by atoms with Crippen molar-refractivity contribution in [1.82, 2.24) is 9.55 Å². The van der Waals surface area contributed by atoms with Gasteiger partial charge in [0, 0.05) is 12.8 Å². The molecule has 0 radical (unpaired) electrons. The van der Waals surface area contributed by atoms with E-state index in [9.17, 15) is 9.59 Å². The van der Waals surface area contributed by atoms with E-state index in [1.165, 1.54) is 0 Å². The number of hydrogen-bond acceptors (Lipinski definition) is 4. The number of fused-ring (bicyclic) bond motifs is 3. The molecule has 0 saturated heterocycles. The largest absolute Gasteiger partial charge is 0.383 e. The van der Waals surface area contributed by atoms with Crippen LogP contribution in [0.15, 0.2) is 42.5 Å². The molecule has 7 nitrogen and oxygen atoms in total. The second kappa shape index (κ2) is 7.67. The third-order valence-electron chi connectivity index (χ3n) is 5.37. The van der Waals surface area contributed by atoms with Crippen LogP contribution in [0.1, 0.15) is 23.6 Å². The minimum Gasteiger partial charge on any atom is -0.383 e. The monoisotopic (exact) mass is 392 g/mol. The molecule has 2 amide bonds. The fourth-order valence-corrected chi connectivity index (χ4v) is 3.70. The average molecular weight is 392 g/mol. The molecular formula is C22H24N4O3. The van der Waals surface area contributed by atoms with Gasteiger partial charge in [-0.3, -0.25) is 19.1 Å². The molecule has 1 aliphatic heterocycles. The van der Waals surface area contributed by atoms with E-state index in [1.54, 1.807) is 12.0 Å². The summed E-state index contributed by atoms with van der Waals surface area (Å²) in [5.41, 5.74) is 4.65. The van der Waals surface area contributed by atoms with E-state index in [-0.39, 0.29) is 18.2 Å². The maximum atomic E-state index is 13.1. The summed E-state index contributed by atoms with van der Waals surface area (Å²) >= 11 is 0. The number of hydrogen-bond donors (Lipinski definition) is 1. The predicted octanol–water partition coefficient (Wildman–Crippen LogP) is 3.22. The number of nitrogens with zero attached hydrogens (tertiary/aromatic N) is 3. The molecule has 2 heterocycles. The van der Waals surface area contributed by atoms with Gasteiger partial charge in [0.15, 0.2) is 0 Å². The van der Waals surface area contributed by atoms with Gasteiger partial charge in [-0.15, -0.1) is 0 Å². The molecule has 1 atom stereocenters. The highest BCUT2D eigenvalue weighted by molar-refractivity contribution is 6.05. The van der Waals surface area contributed by atoms with Crippen molar-refractivity contribution in [3.8, 4) is 0 Å². The molecule has 29 heavy (non-hydrogen) atoms. The van der Waals surface area contributed by atoms with E-state index in [2.05, 4.69) is 10.3 Å². The Labute approximate surface area is 169 Å². The molecule has 2 aromatic carbocycles. The number of nitrogens with one attached hydrogen (secondary N) is 1. The number of carbonyl (C=O) groups is 2. The zero-order chi connectivity index (χ0) is 20.5. The number of methoxy groups -OCH3 is 1. The molecule has 7 heteroatoms. The van der Waals surface area contributed by atoms with E-state index in [1.807, 2.05) is 60.9 Å². The number of imidazole rings is 1. The Kier molecular flexibility index (Phi) is 5.07. The summed E-state index contributed by atoms with van der Waals surface area (Å²) in [6.45, 7) is 4.83. The Hall–Kier alpha value is -3.19. The lowest BCUT2D eigenvalue weighted by Gasteiger charge is -2.15. The first kappa shape index (κ1) is 19.1. The van der Waals surface area contributed by atoms with E-state index < -0.39 is 6.04 Å². The maximum Gasteiger partial charge on any atom is 0.253 e. The second-order valence-electron chi connectivity index (χ2n) is 7.32. The van der Waals surface area contributed by atoms with Crippen LogP contribution in [-0.4, -0.2) is 41.6 Å². The van der Waals surface area contributed by atoms with Gasteiger partial charge >= 0.3 is 0 Å². The Bertz CT molecular complexity index is 1090. The molecule has 0 bridgehead atoms. The van der Waals surface area contributed by atoms with E-state index in [0.29, 0.717) is 19.1 Å². The van der Waals surface area contributed by atoms with Gasteiger partial charge < -0.3 is 10.1 Å². The summed E-state index contributed by atoms with van der Waals surface area (Å²) in [7, 11) is 1.60. The Balaban J connectivity index is 1.62. The van der Waals surface area contributed by atoms with Crippen LogP contribution >= 0.6 is 0 Å². The number of carbonyl (C=O) groups excluding carboxylic acids is 2. The minimum atomic E-state index is -0.624. The molecule has 0 saturated carbocycles. The first-order chi connectivity index (χ1) is 14.0. The summed E-state index contributed by atoms with van der Waals surface area (Å²) in [6.07, 6.45) is 0.0442. The molecule has 0 spiro atoms. The quantitative estimate of drug-likeness (QED) is 0.699. The van der Waals surface area contributed by atoms with E-state index in [4.69, 9.17) is 4.74 Å². The minimum absolute atomic E-state index is 0.0442. The molecule has 0 unspecified atom stereocenters. The topological polar surface area (TPSA) is 76.5 Å². The van der Waals surface area contributed by atoms with Crippen molar-refractivity contribution in [2.45, 2.75) is 26.3 Å². The molecule has 150 valence electrons. The van der Waals surface area contributed by atoms with Gasteiger partial charge in [0.05, 0.1) is 30.6 Å². The smallest absolute Gasteiger partial charge is 0.253 e. The van der Waals surface area contributed by atoms with Crippen molar-refractivity contribution in [1.29, 1.82) is 0 Å². The molecule has 1 aromatic heterocycles. The second-order valence-corrected chi connectivity index (χ2v) is 7.32. The number of rotatable bonds is 6. The van der Waals surface area contributed by atoms with E-state index >= 15 is 0 Å². The van der Waals surface area contributed by atoms with Gasteiger partial charge in [0.1, 0.15) is 6.04 Å². The van der Waals surface area contributed by atoms with Crippen molar-refractivity contribution in [3.05, 3.63) is 53.6 Å². The van der Waals surface area contributed by atoms with E-state index in [0.717, 1.165) is 27.8 Å². The lowest BCUT2D eigenvalue weighted by molar-refractivity contribution is -0.124. The fourth-order valence-electron chi connectivity index (χ4n) is 3.70. The lowest BCUT2D eigenvalue weighted by Crippen LogP contribution is -2.33. The van der Waals surface area contributed by atoms with Crippen LogP contribution < -0.4 is 10.2 Å². The molecule has 0 fully saturated rings. The van der Waals surface area contributed by atoms with Crippen LogP contribution in [-0.2, 0) is 14.3 Å². The first-order valence-corrected chi connectivity index (χ1v) is 9.64. The van der Waals surface area contributed by atoms with Crippen LogP contribution in [0.3, 0.4) is 0 Å². The van der Waals surface area contributed by atoms with Gasteiger partial charge in [0.2, 0.25) is 11.9 Å². The van der Waals surface area contributed by atoms with Crippen molar-refractivity contribution < 1.29 is 14.3 Å². The average Bonchev–Trinajstić information content (AvgIpc) is 3.18. The highest BCUT2D eigenvalue weighted by Gasteiger charge is 2.40. The van der Waals surface area contributed by atoms with Gasteiger partial charge in [-0.25, -0.2) is 4.98 Å². The van der Waals surface area contributed by atoms with Crippen molar-refractivity contribution in [2.75, 3.05) is 30.5 Å². The zero-order valence-electron chi connectivity index (χ0n) is 16.8. The molecule has 4 rings (SSSR count). The summed E-state index contributed by atoms with van der Waals surface area (Å²) in [5, 5.41) is 2.92. The normalized spacial score (nSPS) is 15.8. The Morgan fingerprint density at radius 2 is 1.97 bits per heavy atom. The van der Waals surface area contributed by atoms with Crippen molar-refractivity contribution in [3.63, 3.8) is 0 Å². The maximum absolute atomic E-state index is 13.1. The van der Waals surface area contributed by atoms with Crippen molar-refractivity contribution >= 4 is 34.5 Å². The fraction of sp³-hybridized carbons (Fsp3) is 0.318. The third-order valence-corrected chi connectivity index (χ3v) is 5.37. The summed E-state index contributed by atoms with van der Waals surface area (Å²) in [5.74, 6) is 0.228. The summed E-state index contributed by atoms with van der Waals surface area (Å²) in [6, 6.07) is 12.8. The van der Waals surface area contributed by atoms with Crippen molar-refractivity contribution in [2.24, 2.45) is 0 Å². The zero-order valence-corrected chi connectivity index (χ0v) is 16.8. The third kappa shape index (κ3) is 3.49. The summed E-state index contributed by atoms with van der Waals surface area (Å²) < 4.78 is 7.02.